The molecule has 0 aliphatic carbocycles. The zero-order chi connectivity index (χ0) is 7.94. The van der Waals surface area contributed by atoms with E-state index < -0.39 is 0 Å². The third-order valence-electron chi connectivity index (χ3n) is 1.31. The zero-order valence-electron chi connectivity index (χ0n) is 6.50. The van der Waals surface area contributed by atoms with Gasteiger partial charge in [-0.2, -0.15) is 0 Å². The Morgan fingerprint density at radius 2 is 2.64 bits per heavy atom. The maximum atomic E-state index is 4.61. The van der Waals surface area contributed by atoms with Crippen LogP contribution in [0.5, 0.6) is 0 Å². The summed E-state index contributed by atoms with van der Waals surface area (Å²) >= 11 is 0. The van der Waals surface area contributed by atoms with Gasteiger partial charge in [-0.05, 0) is 23.9 Å². The van der Waals surface area contributed by atoms with Crippen LogP contribution >= 0.6 is 0 Å². The van der Waals surface area contributed by atoms with Gasteiger partial charge in [-0.15, -0.1) is 0 Å². The summed E-state index contributed by atoms with van der Waals surface area (Å²) in [6.45, 7) is 0.914. The Labute approximate surface area is 66.4 Å². The normalized spacial score (nSPS) is 19.5. The summed E-state index contributed by atoms with van der Waals surface area (Å²) in [6.07, 6.45) is 9.62. The maximum absolute atomic E-state index is 4.61. The van der Waals surface area contributed by atoms with E-state index in [9.17, 15) is 0 Å². The summed E-state index contributed by atoms with van der Waals surface area (Å²) in [7, 11) is 1.58. The van der Waals surface area contributed by atoms with E-state index in [-0.39, 0.29) is 0 Å². The van der Waals surface area contributed by atoms with Crippen molar-refractivity contribution in [2.75, 3.05) is 13.7 Å². The van der Waals surface area contributed by atoms with Gasteiger partial charge in [0.15, 0.2) is 0 Å². The summed E-state index contributed by atoms with van der Waals surface area (Å²) in [5.41, 5.74) is 3.87. The van der Waals surface area contributed by atoms with Crippen LogP contribution in [0, 0.1) is 0 Å². The van der Waals surface area contributed by atoms with Gasteiger partial charge < -0.3 is 5.32 Å². The van der Waals surface area contributed by atoms with Crippen molar-refractivity contribution in [3.05, 3.63) is 36.2 Å². The first-order valence-electron chi connectivity index (χ1n) is 3.47. The Hall–Kier alpha value is -1.22. The maximum Gasteiger partial charge on any atom is 0.0636 e. The predicted octanol–water partition coefficient (Wildman–Crippen LogP) is 0.694. The van der Waals surface area contributed by atoms with Gasteiger partial charge in [-0.3, -0.25) is 10.3 Å². The molecule has 0 radical (unpaired) electrons. The van der Waals surface area contributed by atoms with Gasteiger partial charge in [0.05, 0.1) is 7.11 Å². The van der Waals surface area contributed by atoms with Gasteiger partial charge in [0.25, 0.3) is 0 Å². The van der Waals surface area contributed by atoms with Gasteiger partial charge in [-0.1, -0.05) is 6.08 Å². The van der Waals surface area contributed by atoms with Crippen molar-refractivity contribution in [3.63, 3.8) is 0 Å². The Bertz CT molecular complexity index is 194. The van der Waals surface area contributed by atoms with Crippen LogP contribution in [-0.4, -0.2) is 13.7 Å². The second kappa shape index (κ2) is 4.57. The van der Waals surface area contributed by atoms with Crippen LogP contribution in [0.15, 0.2) is 36.2 Å². The van der Waals surface area contributed by atoms with Crippen LogP contribution in [0.2, 0.25) is 0 Å². The lowest BCUT2D eigenvalue weighted by atomic mass is 10.3. The fourth-order valence-corrected chi connectivity index (χ4v) is 0.795. The van der Waals surface area contributed by atoms with Gasteiger partial charge in [-0.25, -0.2) is 0 Å². The molecule has 0 aromatic heterocycles. The lowest BCUT2D eigenvalue weighted by Gasteiger charge is -1.91. The lowest BCUT2D eigenvalue weighted by molar-refractivity contribution is 0.128. The molecule has 1 rings (SSSR count). The van der Waals surface area contributed by atoms with Crippen LogP contribution in [0.3, 0.4) is 0 Å². The molecule has 2 N–H and O–H groups in total. The Morgan fingerprint density at radius 1 is 1.73 bits per heavy atom. The van der Waals surface area contributed by atoms with Crippen LogP contribution in [0.1, 0.15) is 0 Å². The van der Waals surface area contributed by atoms with Crippen LogP contribution in [-0.2, 0) is 4.84 Å². The summed E-state index contributed by atoms with van der Waals surface area (Å²) < 4.78 is 0. The molecule has 0 fully saturated rings. The second-order valence-electron chi connectivity index (χ2n) is 2.14. The zero-order valence-corrected chi connectivity index (χ0v) is 6.50. The van der Waals surface area contributed by atoms with Gasteiger partial charge in [0.2, 0.25) is 0 Å². The third-order valence-corrected chi connectivity index (χ3v) is 1.31. The molecular weight excluding hydrogens is 140 g/mol. The van der Waals surface area contributed by atoms with Crippen molar-refractivity contribution in [3.8, 4) is 0 Å². The smallest absolute Gasteiger partial charge is 0.0636 e. The number of rotatable bonds is 3. The lowest BCUT2D eigenvalue weighted by Crippen LogP contribution is -2.01. The molecule has 3 heteroatoms. The monoisotopic (exact) mass is 152 g/mol. The van der Waals surface area contributed by atoms with Gasteiger partial charge in [0.1, 0.15) is 0 Å². The molecule has 60 valence electrons. The number of hydrogen-bond acceptors (Lipinski definition) is 3. The van der Waals surface area contributed by atoms with Crippen LogP contribution < -0.4 is 10.8 Å². The van der Waals surface area contributed by atoms with E-state index in [0.29, 0.717) is 0 Å². The predicted molar refractivity (Wildman–Crippen MR) is 44.5 cm³/mol. The molecule has 11 heavy (non-hydrogen) atoms. The first-order valence-corrected chi connectivity index (χ1v) is 3.47. The number of allylic oxidation sites excluding steroid dienone is 2. The van der Waals surface area contributed by atoms with Crippen molar-refractivity contribution in [1.82, 2.24) is 10.8 Å². The highest BCUT2D eigenvalue weighted by molar-refractivity contribution is 5.28. The molecule has 1 aliphatic rings. The van der Waals surface area contributed by atoms with E-state index in [1.54, 1.807) is 13.3 Å². The molecule has 0 aromatic rings. The first kappa shape index (κ1) is 7.88. The highest BCUT2D eigenvalue weighted by atomic mass is 16.6. The average molecular weight is 152 g/mol. The first-order chi connectivity index (χ1) is 5.43. The molecule has 0 unspecified atom stereocenters. The van der Waals surface area contributed by atoms with E-state index in [1.165, 1.54) is 5.57 Å². The molecule has 0 aromatic carbocycles. The molecule has 0 saturated heterocycles. The summed E-state index contributed by atoms with van der Waals surface area (Å²) in [5, 5.41) is 3.08. The standard InChI is InChI=1S/C8H12N2O/c1-11-10-5-2-3-8-4-6-9-7-8/h2-6,9-10H,7H2,1H3/b5-2-,8-3-. The highest BCUT2D eigenvalue weighted by Crippen LogP contribution is 2.00. The fourth-order valence-electron chi connectivity index (χ4n) is 0.795. The van der Waals surface area contributed by atoms with E-state index in [1.807, 2.05) is 24.4 Å². The molecule has 0 atom stereocenters. The molecule has 0 bridgehead atoms. The quantitative estimate of drug-likeness (QED) is 0.584. The largest absolute Gasteiger partial charge is 0.387 e. The Kier molecular flexibility index (Phi) is 3.28. The molecule has 1 aliphatic heterocycles. The molecule has 0 amide bonds. The minimum Gasteiger partial charge on any atom is -0.387 e. The molecule has 1 heterocycles. The van der Waals surface area contributed by atoms with Crippen molar-refractivity contribution in [1.29, 1.82) is 0 Å². The van der Waals surface area contributed by atoms with E-state index in [0.717, 1.165) is 6.54 Å². The molecular formula is C8H12N2O. The number of nitrogens with one attached hydrogen (secondary N) is 2. The Morgan fingerprint density at radius 3 is 3.27 bits per heavy atom. The van der Waals surface area contributed by atoms with Crippen LogP contribution in [0.25, 0.3) is 0 Å². The summed E-state index contributed by atoms with van der Waals surface area (Å²) in [5.74, 6) is 0. The minimum atomic E-state index is 0.914. The van der Waals surface area contributed by atoms with Crippen molar-refractivity contribution >= 4 is 0 Å². The SMILES string of the molecule is CON/C=C\C=C1\C=CNC1. The molecule has 0 saturated carbocycles. The average Bonchev–Trinajstić information content (AvgIpc) is 2.50. The fraction of sp³-hybridized carbons (Fsp3) is 0.250. The topological polar surface area (TPSA) is 33.3 Å². The molecule has 0 spiro atoms. The summed E-state index contributed by atoms with van der Waals surface area (Å²) in [6, 6.07) is 0. The number of hydroxylamine groups is 1. The van der Waals surface area contributed by atoms with E-state index >= 15 is 0 Å². The van der Waals surface area contributed by atoms with E-state index in [2.05, 4.69) is 15.6 Å². The molecule has 3 nitrogen and oxygen atoms in total. The van der Waals surface area contributed by atoms with E-state index in [4.69, 9.17) is 0 Å². The van der Waals surface area contributed by atoms with Crippen molar-refractivity contribution in [2.24, 2.45) is 0 Å². The summed E-state index contributed by atoms with van der Waals surface area (Å²) in [4.78, 5) is 4.61. The van der Waals surface area contributed by atoms with Crippen LogP contribution in [0.4, 0.5) is 0 Å². The second-order valence-corrected chi connectivity index (χ2v) is 2.14. The Balaban J connectivity index is 2.28. The van der Waals surface area contributed by atoms with Crippen molar-refractivity contribution in [2.45, 2.75) is 0 Å². The van der Waals surface area contributed by atoms with Gasteiger partial charge >= 0.3 is 0 Å². The van der Waals surface area contributed by atoms with Crippen molar-refractivity contribution < 1.29 is 4.84 Å². The third kappa shape index (κ3) is 2.91. The minimum absolute atomic E-state index is 0.914. The number of hydrogen-bond donors (Lipinski definition) is 2. The highest BCUT2D eigenvalue weighted by Gasteiger charge is 1.93. The van der Waals surface area contributed by atoms with Gasteiger partial charge in [0, 0.05) is 12.7 Å².